The summed E-state index contributed by atoms with van der Waals surface area (Å²) >= 11 is 0. The van der Waals surface area contributed by atoms with Crippen molar-refractivity contribution in [3.05, 3.63) is 41.5 Å². The third-order valence-electron chi connectivity index (χ3n) is 3.40. The minimum Gasteiger partial charge on any atom is -0.493 e. The van der Waals surface area contributed by atoms with Crippen molar-refractivity contribution in [2.45, 2.75) is 33.1 Å². The van der Waals surface area contributed by atoms with Crippen molar-refractivity contribution in [2.24, 2.45) is 5.92 Å². The Morgan fingerprint density at radius 1 is 1.39 bits per heavy atom. The second-order valence-electron chi connectivity index (χ2n) is 4.87. The van der Waals surface area contributed by atoms with Gasteiger partial charge >= 0.3 is 0 Å². The molecule has 0 heterocycles. The molecule has 1 aliphatic rings. The number of Topliss-reactive ketones (excluding diaryl/α,β-unsaturated/α-hetero) is 1. The van der Waals surface area contributed by atoms with Gasteiger partial charge in [-0.15, -0.1) is 0 Å². The van der Waals surface area contributed by atoms with E-state index in [9.17, 15) is 4.79 Å². The molecule has 1 aliphatic carbocycles. The number of ketones is 1. The highest BCUT2D eigenvalue weighted by molar-refractivity contribution is 6.10. The van der Waals surface area contributed by atoms with Crippen molar-refractivity contribution >= 4 is 5.78 Å². The van der Waals surface area contributed by atoms with Gasteiger partial charge in [0.05, 0.1) is 12.2 Å². The summed E-state index contributed by atoms with van der Waals surface area (Å²) in [5, 5.41) is 0. The van der Waals surface area contributed by atoms with Crippen LogP contribution in [0.1, 0.15) is 43.5 Å². The number of benzene rings is 1. The second-order valence-corrected chi connectivity index (χ2v) is 4.87. The van der Waals surface area contributed by atoms with E-state index in [-0.39, 0.29) is 5.78 Å². The summed E-state index contributed by atoms with van der Waals surface area (Å²) in [7, 11) is 0. The molecule has 1 aromatic carbocycles. The van der Waals surface area contributed by atoms with Crippen molar-refractivity contribution < 1.29 is 9.53 Å². The number of para-hydroxylation sites is 1. The van der Waals surface area contributed by atoms with Gasteiger partial charge in [-0.05, 0) is 49.8 Å². The van der Waals surface area contributed by atoms with Crippen LogP contribution in [0.3, 0.4) is 0 Å². The van der Waals surface area contributed by atoms with E-state index in [1.54, 1.807) is 0 Å². The molecule has 0 bridgehead atoms. The van der Waals surface area contributed by atoms with E-state index < -0.39 is 0 Å². The molecule has 0 N–H and O–H groups in total. The van der Waals surface area contributed by atoms with Gasteiger partial charge in [0.15, 0.2) is 5.78 Å². The van der Waals surface area contributed by atoms with E-state index in [0.717, 1.165) is 24.8 Å². The van der Waals surface area contributed by atoms with Gasteiger partial charge in [0.1, 0.15) is 5.75 Å². The van der Waals surface area contributed by atoms with Crippen molar-refractivity contribution in [3.63, 3.8) is 0 Å². The van der Waals surface area contributed by atoms with Gasteiger partial charge in [-0.2, -0.15) is 0 Å². The summed E-state index contributed by atoms with van der Waals surface area (Å²) in [6, 6.07) is 7.51. The topological polar surface area (TPSA) is 26.3 Å². The Labute approximate surface area is 109 Å². The summed E-state index contributed by atoms with van der Waals surface area (Å²) in [4.78, 5) is 12.5. The van der Waals surface area contributed by atoms with Crippen LogP contribution in [-0.4, -0.2) is 12.4 Å². The lowest BCUT2D eigenvalue weighted by molar-refractivity contribution is 0.102. The third-order valence-corrected chi connectivity index (χ3v) is 3.40. The number of ether oxygens (including phenoxy) is 1. The normalized spacial score (nSPS) is 19.2. The van der Waals surface area contributed by atoms with Gasteiger partial charge in [0, 0.05) is 0 Å². The van der Waals surface area contributed by atoms with Crippen LogP contribution in [0.4, 0.5) is 0 Å². The van der Waals surface area contributed by atoms with E-state index in [0.29, 0.717) is 23.8 Å². The summed E-state index contributed by atoms with van der Waals surface area (Å²) < 4.78 is 5.52. The quantitative estimate of drug-likeness (QED) is 0.748. The van der Waals surface area contributed by atoms with Gasteiger partial charge in [-0.1, -0.05) is 25.1 Å². The fourth-order valence-electron chi connectivity index (χ4n) is 2.28. The second kappa shape index (κ2) is 5.85. The molecule has 2 nitrogen and oxygen atoms in total. The van der Waals surface area contributed by atoms with Gasteiger partial charge in [-0.3, -0.25) is 4.79 Å². The molecule has 0 amide bonds. The maximum Gasteiger partial charge on any atom is 0.192 e. The molecule has 0 aromatic heterocycles. The van der Waals surface area contributed by atoms with Gasteiger partial charge in [-0.25, -0.2) is 0 Å². The van der Waals surface area contributed by atoms with Crippen molar-refractivity contribution in [1.82, 2.24) is 0 Å². The molecule has 0 saturated heterocycles. The van der Waals surface area contributed by atoms with E-state index in [4.69, 9.17) is 4.74 Å². The number of allylic oxidation sites excluding steroid dienone is 2. The highest BCUT2D eigenvalue weighted by Crippen LogP contribution is 2.28. The van der Waals surface area contributed by atoms with E-state index in [2.05, 4.69) is 13.0 Å². The largest absolute Gasteiger partial charge is 0.493 e. The minimum atomic E-state index is 0.131. The van der Waals surface area contributed by atoms with Crippen LogP contribution < -0.4 is 4.74 Å². The van der Waals surface area contributed by atoms with Crippen LogP contribution in [0.25, 0.3) is 0 Å². The molecular weight excluding hydrogens is 224 g/mol. The molecule has 0 radical (unpaired) electrons. The monoisotopic (exact) mass is 244 g/mol. The minimum absolute atomic E-state index is 0.131. The molecule has 1 unspecified atom stereocenters. The molecule has 96 valence electrons. The average molecular weight is 244 g/mol. The molecule has 0 spiro atoms. The molecular formula is C16H20O2. The number of carbonyl (C=O) groups excluding carboxylic acids is 1. The lowest BCUT2D eigenvalue weighted by Gasteiger charge is -2.18. The maximum atomic E-state index is 12.5. The first-order chi connectivity index (χ1) is 8.72. The smallest absolute Gasteiger partial charge is 0.192 e. The van der Waals surface area contributed by atoms with Crippen molar-refractivity contribution in [2.75, 3.05) is 6.61 Å². The van der Waals surface area contributed by atoms with E-state index in [1.165, 1.54) is 0 Å². The lowest BCUT2D eigenvalue weighted by atomic mass is 9.87. The molecule has 0 aliphatic heterocycles. The van der Waals surface area contributed by atoms with Gasteiger partial charge in [0.2, 0.25) is 0 Å². The molecule has 0 saturated carbocycles. The first-order valence-electron chi connectivity index (χ1n) is 6.68. The van der Waals surface area contributed by atoms with Crippen LogP contribution in [0.5, 0.6) is 5.75 Å². The zero-order chi connectivity index (χ0) is 13.0. The van der Waals surface area contributed by atoms with Gasteiger partial charge < -0.3 is 4.74 Å². The van der Waals surface area contributed by atoms with E-state index >= 15 is 0 Å². The number of rotatable bonds is 4. The summed E-state index contributed by atoms with van der Waals surface area (Å²) in [6.07, 6.45) is 5.10. The number of hydrogen-bond donors (Lipinski definition) is 0. The highest BCUT2D eigenvalue weighted by Gasteiger charge is 2.19. The Kier molecular flexibility index (Phi) is 4.19. The van der Waals surface area contributed by atoms with Crippen LogP contribution in [-0.2, 0) is 0 Å². The number of hydrogen-bond acceptors (Lipinski definition) is 2. The summed E-state index contributed by atoms with van der Waals surface area (Å²) in [6.45, 7) is 4.75. The summed E-state index contributed by atoms with van der Waals surface area (Å²) in [5.74, 6) is 1.53. The molecule has 0 fully saturated rings. The molecule has 18 heavy (non-hydrogen) atoms. The lowest BCUT2D eigenvalue weighted by Crippen LogP contribution is -2.11. The zero-order valence-electron chi connectivity index (χ0n) is 11.1. The maximum absolute atomic E-state index is 12.5. The van der Waals surface area contributed by atoms with Gasteiger partial charge in [0.25, 0.3) is 0 Å². The predicted octanol–water partition coefficient (Wildman–Crippen LogP) is 4.01. The van der Waals surface area contributed by atoms with E-state index in [1.807, 2.05) is 31.2 Å². The first-order valence-corrected chi connectivity index (χ1v) is 6.68. The fraction of sp³-hybridized carbons (Fsp3) is 0.438. The Morgan fingerprint density at radius 2 is 2.17 bits per heavy atom. The standard InChI is InChI=1S/C16H20O2/c1-3-18-15-7-5-4-6-14(15)16(17)13-10-8-12(2)9-11-13/h4-7,10,12H,3,8-9,11H2,1-2H3. The predicted molar refractivity (Wildman–Crippen MR) is 73.0 cm³/mol. The number of carbonyl (C=O) groups is 1. The van der Waals surface area contributed by atoms with Crippen LogP contribution >= 0.6 is 0 Å². The molecule has 2 rings (SSSR count). The SMILES string of the molecule is CCOc1ccccc1C(=O)C1=CCC(C)CC1. The Bertz CT molecular complexity index is 460. The summed E-state index contributed by atoms with van der Waals surface area (Å²) in [5.41, 5.74) is 1.64. The first kappa shape index (κ1) is 12.9. The molecule has 2 heteroatoms. The van der Waals surface area contributed by atoms with Crippen molar-refractivity contribution in [3.8, 4) is 5.75 Å². The Balaban J connectivity index is 2.23. The molecule has 1 atom stereocenters. The Morgan fingerprint density at radius 3 is 2.83 bits per heavy atom. The fourth-order valence-corrected chi connectivity index (χ4v) is 2.28. The molecule has 1 aromatic rings. The van der Waals surface area contributed by atoms with Crippen LogP contribution in [0.2, 0.25) is 0 Å². The Hall–Kier alpha value is -1.57. The van der Waals surface area contributed by atoms with Crippen LogP contribution in [0.15, 0.2) is 35.9 Å². The highest BCUT2D eigenvalue weighted by atomic mass is 16.5. The third kappa shape index (κ3) is 2.81. The van der Waals surface area contributed by atoms with Crippen LogP contribution in [0, 0.1) is 5.92 Å². The van der Waals surface area contributed by atoms with Crippen molar-refractivity contribution in [1.29, 1.82) is 0 Å². The zero-order valence-corrected chi connectivity index (χ0v) is 11.1. The average Bonchev–Trinajstić information content (AvgIpc) is 2.40.